The summed E-state index contributed by atoms with van der Waals surface area (Å²) in [6, 6.07) is 0.122. The number of methoxy groups -OCH3 is 2. The van der Waals surface area contributed by atoms with Crippen LogP contribution >= 0.6 is 0 Å². The molecule has 0 aromatic rings. The lowest BCUT2D eigenvalue weighted by molar-refractivity contribution is -0.135. The minimum atomic E-state index is 0.0564. The second-order valence-electron chi connectivity index (χ2n) is 4.40. The summed E-state index contributed by atoms with van der Waals surface area (Å²) < 4.78 is 10.1. The molecule has 0 heterocycles. The zero-order chi connectivity index (χ0) is 13.3. The normalized spacial score (nSPS) is 14.4. The largest absolute Gasteiger partial charge is 0.383 e. The van der Waals surface area contributed by atoms with E-state index in [9.17, 15) is 4.79 Å². The van der Waals surface area contributed by atoms with E-state index in [0.29, 0.717) is 32.6 Å². The zero-order valence-electron chi connectivity index (χ0n) is 11.4. The topological polar surface area (TPSA) is 64.8 Å². The average Bonchev–Trinajstić information content (AvgIpc) is 2.27. The maximum atomic E-state index is 12.0. The second kappa shape index (κ2) is 9.39. The fourth-order valence-electron chi connectivity index (χ4n) is 1.61. The molecule has 2 unspecified atom stereocenters. The van der Waals surface area contributed by atoms with Crippen molar-refractivity contribution in [3.63, 3.8) is 0 Å². The lowest BCUT2D eigenvalue weighted by Gasteiger charge is -2.29. The molecule has 17 heavy (non-hydrogen) atoms. The van der Waals surface area contributed by atoms with E-state index in [2.05, 4.69) is 0 Å². The molecule has 0 saturated carbocycles. The Morgan fingerprint density at radius 1 is 1.29 bits per heavy atom. The van der Waals surface area contributed by atoms with E-state index >= 15 is 0 Å². The van der Waals surface area contributed by atoms with Crippen molar-refractivity contribution in [1.29, 1.82) is 0 Å². The zero-order valence-corrected chi connectivity index (χ0v) is 11.4. The van der Waals surface area contributed by atoms with Crippen LogP contribution in [0.2, 0.25) is 0 Å². The van der Waals surface area contributed by atoms with Crippen molar-refractivity contribution in [2.75, 3.05) is 34.0 Å². The summed E-state index contributed by atoms with van der Waals surface area (Å²) in [7, 11) is 3.27. The van der Waals surface area contributed by atoms with Gasteiger partial charge < -0.3 is 20.1 Å². The Kier molecular flexibility index (Phi) is 9.03. The summed E-state index contributed by atoms with van der Waals surface area (Å²) in [4.78, 5) is 13.8. The number of carbonyl (C=O) groups is 1. The third-order valence-corrected chi connectivity index (χ3v) is 2.61. The molecule has 0 saturated heterocycles. The lowest BCUT2D eigenvalue weighted by Crippen LogP contribution is -2.43. The first-order valence-corrected chi connectivity index (χ1v) is 6.05. The highest BCUT2D eigenvalue weighted by Crippen LogP contribution is 2.06. The van der Waals surface area contributed by atoms with E-state index in [1.807, 2.05) is 13.8 Å². The van der Waals surface area contributed by atoms with Crippen LogP contribution < -0.4 is 5.73 Å². The van der Waals surface area contributed by atoms with E-state index in [0.717, 1.165) is 0 Å². The number of nitrogens with zero attached hydrogens (tertiary/aromatic N) is 1. The Hall–Kier alpha value is -0.650. The SMILES string of the molecule is COCCN(C(=O)CCC(C)N)C(C)COC. The lowest BCUT2D eigenvalue weighted by atomic mass is 10.1. The van der Waals surface area contributed by atoms with Gasteiger partial charge in [0.25, 0.3) is 0 Å². The highest BCUT2D eigenvalue weighted by atomic mass is 16.5. The molecule has 5 heteroatoms. The number of carbonyl (C=O) groups excluding carboxylic acids is 1. The van der Waals surface area contributed by atoms with Crippen LogP contribution in [0.5, 0.6) is 0 Å². The van der Waals surface area contributed by atoms with E-state index in [4.69, 9.17) is 15.2 Å². The van der Waals surface area contributed by atoms with Crippen molar-refractivity contribution in [2.24, 2.45) is 5.73 Å². The Labute approximate surface area is 104 Å². The fraction of sp³-hybridized carbons (Fsp3) is 0.917. The molecule has 0 aliphatic rings. The minimum Gasteiger partial charge on any atom is -0.383 e. The van der Waals surface area contributed by atoms with Crippen LogP contribution in [-0.4, -0.2) is 56.9 Å². The van der Waals surface area contributed by atoms with Crippen molar-refractivity contribution in [3.8, 4) is 0 Å². The maximum Gasteiger partial charge on any atom is 0.223 e. The van der Waals surface area contributed by atoms with Crippen molar-refractivity contribution in [3.05, 3.63) is 0 Å². The van der Waals surface area contributed by atoms with Gasteiger partial charge in [0.05, 0.1) is 19.3 Å². The van der Waals surface area contributed by atoms with Crippen molar-refractivity contribution < 1.29 is 14.3 Å². The Morgan fingerprint density at radius 2 is 1.94 bits per heavy atom. The summed E-state index contributed by atoms with van der Waals surface area (Å²) in [5.41, 5.74) is 5.66. The molecule has 0 aromatic carbocycles. The van der Waals surface area contributed by atoms with Crippen molar-refractivity contribution in [2.45, 2.75) is 38.8 Å². The number of amides is 1. The van der Waals surface area contributed by atoms with Crippen LogP contribution in [0.25, 0.3) is 0 Å². The smallest absolute Gasteiger partial charge is 0.223 e. The van der Waals surface area contributed by atoms with E-state index in [1.54, 1.807) is 19.1 Å². The molecule has 1 amide bonds. The number of rotatable bonds is 9. The second-order valence-corrected chi connectivity index (χ2v) is 4.40. The van der Waals surface area contributed by atoms with Gasteiger partial charge >= 0.3 is 0 Å². The van der Waals surface area contributed by atoms with Gasteiger partial charge in [0.15, 0.2) is 0 Å². The van der Waals surface area contributed by atoms with E-state index in [-0.39, 0.29) is 18.0 Å². The molecule has 2 N–H and O–H groups in total. The predicted octanol–water partition coefficient (Wildman–Crippen LogP) is 0.624. The summed E-state index contributed by atoms with van der Waals surface area (Å²) >= 11 is 0. The minimum absolute atomic E-state index is 0.0564. The van der Waals surface area contributed by atoms with Crippen LogP contribution in [-0.2, 0) is 14.3 Å². The maximum absolute atomic E-state index is 12.0. The molecular weight excluding hydrogens is 220 g/mol. The molecule has 0 fully saturated rings. The molecule has 0 bridgehead atoms. The highest BCUT2D eigenvalue weighted by Gasteiger charge is 2.19. The van der Waals surface area contributed by atoms with Gasteiger partial charge in [-0.15, -0.1) is 0 Å². The van der Waals surface area contributed by atoms with Gasteiger partial charge in [0.2, 0.25) is 5.91 Å². The first-order valence-electron chi connectivity index (χ1n) is 6.05. The number of hydrogen-bond acceptors (Lipinski definition) is 4. The molecule has 0 rings (SSSR count). The third-order valence-electron chi connectivity index (χ3n) is 2.61. The molecule has 102 valence electrons. The van der Waals surface area contributed by atoms with Gasteiger partial charge in [-0.1, -0.05) is 0 Å². The van der Waals surface area contributed by atoms with E-state index in [1.165, 1.54) is 0 Å². The molecule has 0 aliphatic heterocycles. The first-order chi connectivity index (χ1) is 8.02. The Balaban J connectivity index is 4.28. The summed E-state index contributed by atoms with van der Waals surface area (Å²) in [5.74, 6) is 0.115. The van der Waals surface area contributed by atoms with E-state index < -0.39 is 0 Å². The van der Waals surface area contributed by atoms with Gasteiger partial charge in [-0.2, -0.15) is 0 Å². The molecule has 5 nitrogen and oxygen atoms in total. The third kappa shape index (κ3) is 7.31. The van der Waals surface area contributed by atoms with Crippen LogP contribution in [0, 0.1) is 0 Å². The summed E-state index contributed by atoms with van der Waals surface area (Å²) in [5, 5.41) is 0. The van der Waals surface area contributed by atoms with Crippen LogP contribution in [0.3, 0.4) is 0 Å². The first kappa shape index (κ1) is 16.4. The van der Waals surface area contributed by atoms with Crippen molar-refractivity contribution >= 4 is 5.91 Å². The quantitative estimate of drug-likeness (QED) is 0.648. The van der Waals surface area contributed by atoms with Gasteiger partial charge in [-0.05, 0) is 20.3 Å². The standard InChI is InChI=1S/C12H26N2O3/c1-10(13)5-6-12(15)14(7-8-16-3)11(2)9-17-4/h10-11H,5-9,13H2,1-4H3. The summed E-state index contributed by atoms with van der Waals surface area (Å²) in [6.07, 6.45) is 1.19. The number of nitrogens with two attached hydrogens (primary N) is 1. The predicted molar refractivity (Wildman–Crippen MR) is 67.8 cm³/mol. The van der Waals surface area contributed by atoms with Gasteiger partial charge in [0.1, 0.15) is 0 Å². The highest BCUT2D eigenvalue weighted by molar-refractivity contribution is 5.76. The summed E-state index contributed by atoms with van der Waals surface area (Å²) in [6.45, 7) is 5.55. The molecule has 0 aromatic heterocycles. The van der Waals surface area contributed by atoms with Crippen molar-refractivity contribution in [1.82, 2.24) is 4.90 Å². The van der Waals surface area contributed by atoms with Crippen LogP contribution in [0.1, 0.15) is 26.7 Å². The van der Waals surface area contributed by atoms with Gasteiger partial charge in [-0.25, -0.2) is 0 Å². The Morgan fingerprint density at radius 3 is 2.41 bits per heavy atom. The molecule has 2 atom stereocenters. The van der Waals surface area contributed by atoms with Gasteiger partial charge in [-0.3, -0.25) is 4.79 Å². The molecular formula is C12H26N2O3. The fourth-order valence-corrected chi connectivity index (χ4v) is 1.61. The van der Waals surface area contributed by atoms with Gasteiger partial charge in [0, 0.05) is 33.2 Å². The number of hydrogen-bond donors (Lipinski definition) is 1. The monoisotopic (exact) mass is 246 g/mol. The molecule has 0 aliphatic carbocycles. The number of ether oxygens (including phenoxy) is 2. The Bertz CT molecular complexity index is 210. The van der Waals surface area contributed by atoms with Crippen LogP contribution in [0.15, 0.2) is 0 Å². The molecule has 0 spiro atoms. The van der Waals surface area contributed by atoms with Crippen LogP contribution in [0.4, 0.5) is 0 Å². The molecule has 0 radical (unpaired) electrons. The average molecular weight is 246 g/mol.